The third-order valence-corrected chi connectivity index (χ3v) is 6.42. The highest BCUT2D eigenvalue weighted by atomic mass is 15.1. The largest absolute Gasteiger partial charge is 0.351 e. The van der Waals surface area contributed by atoms with Crippen LogP contribution >= 0.6 is 0 Å². The van der Waals surface area contributed by atoms with Gasteiger partial charge in [0.25, 0.3) is 0 Å². The van der Waals surface area contributed by atoms with Crippen molar-refractivity contribution >= 4 is 28.7 Å². The van der Waals surface area contributed by atoms with E-state index in [9.17, 15) is 0 Å². The molecule has 0 atom stereocenters. The van der Waals surface area contributed by atoms with E-state index in [4.69, 9.17) is 0 Å². The monoisotopic (exact) mass is 416 g/mol. The lowest BCUT2D eigenvalue weighted by Crippen LogP contribution is -2.15. The van der Waals surface area contributed by atoms with E-state index in [-0.39, 0.29) is 0 Å². The van der Waals surface area contributed by atoms with Crippen LogP contribution in [0.2, 0.25) is 0 Å². The molecule has 5 rings (SSSR count). The van der Waals surface area contributed by atoms with Crippen LogP contribution in [0.3, 0.4) is 0 Å². The minimum absolute atomic E-state index is 1.03. The first-order chi connectivity index (χ1) is 15.6. The molecule has 0 bridgehead atoms. The molecule has 0 amide bonds. The number of allylic oxidation sites excluding steroid dienone is 5. The molecule has 0 spiro atoms. The van der Waals surface area contributed by atoms with Gasteiger partial charge in [0.1, 0.15) is 0 Å². The maximum atomic E-state index is 4.45. The van der Waals surface area contributed by atoms with Crippen LogP contribution in [0.1, 0.15) is 23.1 Å². The number of fused-ring (bicyclic) bond motifs is 2. The summed E-state index contributed by atoms with van der Waals surface area (Å²) >= 11 is 0. The average Bonchev–Trinajstić information content (AvgIpc) is 2.84. The number of hydrogen-bond donors (Lipinski definition) is 0. The van der Waals surface area contributed by atoms with Gasteiger partial charge in [0.2, 0.25) is 0 Å². The van der Waals surface area contributed by atoms with Gasteiger partial charge in [-0.05, 0) is 65.4 Å². The van der Waals surface area contributed by atoms with Crippen LogP contribution < -0.4 is 9.80 Å². The quantitative estimate of drug-likeness (QED) is 0.433. The summed E-state index contributed by atoms with van der Waals surface area (Å²) in [6.45, 7) is 4.45. The molecular formula is C30H28N2. The highest BCUT2D eigenvalue weighted by Crippen LogP contribution is 2.45. The fourth-order valence-electron chi connectivity index (χ4n) is 4.78. The predicted molar refractivity (Wildman–Crippen MR) is 139 cm³/mol. The standard InChI is InChI=1S/C30H28N2/c1-22-12-9-10-21-31(2)27-18-11-17-26(29(22)27)30-25-16-8-7-13-23(25)19-20-28(30)32(3)24-14-5-4-6-15-24/h4-7,9-15,17-21H,1,8,16H2,2-3H3/b12-9-,21-10-. The fraction of sp³-hybridized carbons (Fsp3) is 0.133. The van der Waals surface area contributed by atoms with Crippen molar-refractivity contribution in [2.75, 3.05) is 23.9 Å². The Morgan fingerprint density at radius 3 is 2.56 bits per heavy atom. The summed E-state index contributed by atoms with van der Waals surface area (Å²) in [6.07, 6.45) is 15.0. The summed E-state index contributed by atoms with van der Waals surface area (Å²) in [4.78, 5) is 4.49. The van der Waals surface area contributed by atoms with Crippen molar-refractivity contribution < 1.29 is 0 Å². The lowest BCUT2D eigenvalue weighted by molar-refractivity contribution is 0.985. The van der Waals surface area contributed by atoms with Gasteiger partial charge in [-0.2, -0.15) is 0 Å². The van der Waals surface area contributed by atoms with Crippen LogP contribution in [0, 0.1) is 0 Å². The Morgan fingerprint density at radius 1 is 0.875 bits per heavy atom. The van der Waals surface area contributed by atoms with E-state index in [1.54, 1.807) is 0 Å². The van der Waals surface area contributed by atoms with Gasteiger partial charge in [-0.15, -0.1) is 0 Å². The van der Waals surface area contributed by atoms with Crippen LogP contribution in [-0.4, -0.2) is 14.1 Å². The van der Waals surface area contributed by atoms with Gasteiger partial charge in [-0.1, -0.05) is 67.3 Å². The molecule has 2 heteroatoms. The summed E-state index contributed by atoms with van der Waals surface area (Å²) in [6, 6.07) is 21.7. The van der Waals surface area contributed by atoms with E-state index in [0.717, 1.165) is 18.4 Å². The first kappa shape index (κ1) is 20.1. The van der Waals surface area contributed by atoms with E-state index in [1.165, 1.54) is 44.9 Å². The Morgan fingerprint density at radius 2 is 1.72 bits per heavy atom. The Hall–Kier alpha value is -3.78. The Bertz CT molecular complexity index is 1260. The molecular weight excluding hydrogens is 388 g/mol. The molecule has 3 aromatic carbocycles. The molecule has 3 aromatic rings. The first-order valence-corrected chi connectivity index (χ1v) is 11.2. The lowest BCUT2D eigenvalue weighted by Gasteiger charge is -2.29. The number of para-hydroxylation sites is 1. The zero-order valence-corrected chi connectivity index (χ0v) is 18.8. The molecule has 0 fully saturated rings. The van der Waals surface area contributed by atoms with Gasteiger partial charge in [-0.25, -0.2) is 0 Å². The third-order valence-electron chi connectivity index (χ3n) is 6.42. The summed E-state index contributed by atoms with van der Waals surface area (Å²) in [5, 5.41) is 0. The van der Waals surface area contributed by atoms with Crippen LogP contribution in [-0.2, 0) is 6.42 Å². The zero-order valence-electron chi connectivity index (χ0n) is 18.8. The minimum atomic E-state index is 1.03. The number of hydrogen-bond acceptors (Lipinski definition) is 2. The zero-order chi connectivity index (χ0) is 22.1. The van der Waals surface area contributed by atoms with E-state index in [1.807, 2.05) is 0 Å². The molecule has 0 saturated heterocycles. The van der Waals surface area contributed by atoms with Crippen LogP contribution in [0.5, 0.6) is 0 Å². The number of anilines is 3. The van der Waals surface area contributed by atoms with Gasteiger partial charge < -0.3 is 9.80 Å². The van der Waals surface area contributed by atoms with Crippen molar-refractivity contribution in [2.45, 2.75) is 12.8 Å². The van der Waals surface area contributed by atoms with Crippen molar-refractivity contribution in [1.82, 2.24) is 0 Å². The summed E-state index contributed by atoms with van der Waals surface area (Å²) < 4.78 is 0. The summed E-state index contributed by atoms with van der Waals surface area (Å²) in [5.41, 5.74) is 11.1. The summed E-state index contributed by atoms with van der Waals surface area (Å²) in [7, 11) is 4.27. The van der Waals surface area contributed by atoms with E-state index >= 15 is 0 Å². The fourth-order valence-corrected chi connectivity index (χ4v) is 4.78. The van der Waals surface area contributed by atoms with Crippen LogP contribution in [0.4, 0.5) is 17.1 Å². The SMILES string of the molecule is C=C1/C=C\C=C/N(C)c2cccc(-c3c(N(C)c4ccccc4)ccc4c3CCC=C4)c21. The second-order valence-electron chi connectivity index (χ2n) is 8.40. The van der Waals surface area contributed by atoms with Gasteiger partial charge in [-0.3, -0.25) is 0 Å². The van der Waals surface area contributed by atoms with Crippen LogP contribution in [0.15, 0.2) is 97.7 Å². The molecule has 1 aliphatic carbocycles. The molecule has 0 N–H and O–H groups in total. The molecule has 2 nitrogen and oxygen atoms in total. The van der Waals surface area contributed by atoms with Crippen molar-refractivity contribution in [3.8, 4) is 11.1 Å². The molecule has 32 heavy (non-hydrogen) atoms. The van der Waals surface area contributed by atoms with E-state index in [0.29, 0.717) is 0 Å². The molecule has 0 unspecified atom stereocenters. The third kappa shape index (κ3) is 3.48. The predicted octanol–water partition coefficient (Wildman–Crippen LogP) is 7.61. The Labute approximate surface area is 191 Å². The maximum Gasteiger partial charge on any atom is 0.0491 e. The van der Waals surface area contributed by atoms with Crippen molar-refractivity contribution in [3.63, 3.8) is 0 Å². The molecule has 1 aliphatic heterocycles. The average molecular weight is 417 g/mol. The molecule has 0 aromatic heterocycles. The van der Waals surface area contributed by atoms with E-state index < -0.39 is 0 Å². The topological polar surface area (TPSA) is 6.48 Å². The Kier molecular flexibility index (Phi) is 5.28. The van der Waals surface area contributed by atoms with Crippen LogP contribution in [0.25, 0.3) is 22.8 Å². The summed E-state index contributed by atoms with van der Waals surface area (Å²) in [5.74, 6) is 0. The normalized spacial score (nSPS) is 16.6. The second-order valence-corrected chi connectivity index (χ2v) is 8.40. The van der Waals surface area contributed by atoms with Gasteiger partial charge in [0, 0.05) is 48.5 Å². The number of rotatable bonds is 3. The molecule has 158 valence electrons. The maximum absolute atomic E-state index is 4.45. The molecule has 2 aliphatic rings. The van der Waals surface area contributed by atoms with Crippen molar-refractivity contribution in [2.24, 2.45) is 0 Å². The van der Waals surface area contributed by atoms with Crippen molar-refractivity contribution in [1.29, 1.82) is 0 Å². The smallest absolute Gasteiger partial charge is 0.0491 e. The molecule has 0 radical (unpaired) electrons. The number of nitrogens with zero attached hydrogens (tertiary/aromatic N) is 2. The lowest BCUT2D eigenvalue weighted by atomic mass is 9.84. The molecule has 1 heterocycles. The minimum Gasteiger partial charge on any atom is -0.351 e. The van der Waals surface area contributed by atoms with Gasteiger partial charge in [0.05, 0.1) is 0 Å². The first-order valence-electron chi connectivity index (χ1n) is 11.2. The second kappa shape index (κ2) is 8.39. The van der Waals surface area contributed by atoms with Crippen molar-refractivity contribution in [3.05, 3.63) is 114 Å². The number of benzene rings is 3. The Balaban J connectivity index is 1.81. The van der Waals surface area contributed by atoms with Gasteiger partial charge >= 0.3 is 0 Å². The van der Waals surface area contributed by atoms with E-state index in [2.05, 4.69) is 128 Å². The highest BCUT2D eigenvalue weighted by molar-refractivity contribution is 5.98. The molecule has 0 saturated carbocycles. The highest BCUT2D eigenvalue weighted by Gasteiger charge is 2.23. The van der Waals surface area contributed by atoms with Gasteiger partial charge in [0.15, 0.2) is 0 Å².